The minimum Gasteiger partial charge on any atom is -0.497 e. The molecule has 0 unspecified atom stereocenters. The molecule has 1 heterocycles. The van der Waals surface area contributed by atoms with Gasteiger partial charge in [0.1, 0.15) is 5.75 Å². The molecule has 0 saturated carbocycles. The van der Waals surface area contributed by atoms with Crippen molar-refractivity contribution >= 4 is 11.6 Å². The van der Waals surface area contributed by atoms with Crippen molar-refractivity contribution in [3.8, 4) is 5.75 Å². The first kappa shape index (κ1) is 18.0. The fraction of sp³-hybridized carbons (Fsp3) is 0.167. The fourth-order valence-corrected chi connectivity index (χ4v) is 3.42. The summed E-state index contributed by atoms with van der Waals surface area (Å²) in [4.78, 5) is 13.2. The molecule has 140 valence electrons. The Bertz CT molecular complexity index is 993. The Morgan fingerprint density at radius 1 is 0.964 bits per heavy atom. The van der Waals surface area contributed by atoms with Crippen molar-refractivity contribution in [1.82, 2.24) is 5.01 Å². The Hall–Kier alpha value is -3.40. The van der Waals surface area contributed by atoms with E-state index in [1.165, 1.54) is 0 Å². The molecule has 0 fully saturated rings. The number of hydrogen-bond acceptors (Lipinski definition) is 3. The monoisotopic (exact) mass is 370 g/mol. The number of aryl methyl sites for hydroxylation is 1. The highest BCUT2D eigenvalue weighted by molar-refractivity contribution is 6.05. The van der Waals surface area contributed by atoms with Crippen molar-refractivity contribution in [3.05, 3.63) is 101 Å². The standard InChI is InChI=1S/C24H22N2O2/c1-17-8-10-20(11-9-17)24(27)26-23(19-6-4-3-5-7-19)16-22(25-26)18-12-14-21(28-2)15-13-18/h3-15,23H,16H2,1-2H3/t23-/m0/s1. The van der Waals surface area contributed by atoms with Crippen LogP contribution in [0.4, 0.5) is 0 Å². The van der Waals surface area contributed by atoms with Crippen molar-refractivity contribution in [2.45, 2.75) is 19.4 Å². The summed E-state index contributed by atoms with van der Waals surface area (Å²) in [6.07, 6.45) is 0.675. The minimum atomic E-state index is -0.118. The van der Waals surface area contributed by atoms with Gasteiger partial charge in [-0.15, -0.1) is 0 Å². The summed E-state index contributed by atoms with van der Waals surface area (Å²) in [5.41, 5.74) is 4.75. The molecule has 4 heteroatoms. The molecule has 0 spiro atoms. The number of nitrogens with zero attached hydrogens (tertiary/aromatic N) is 2. The predicted molar refractivity (Wildman–Crippen MR) is 111 cm³/mol. The molecule has 0 aromatic heterocycles. The highest BCUT2D eigenvalue weighted by Crippen LogP contribution is 2.34. The van der Waals surface area contributed by atoms with Gasteiger partial charge >= 0.3 is 0 Å². The largest absolute Gasteiger partial charge is 0.497 e. The van der Waals surface area contributed by atoms with E-state index in [4.69, 9.17) is 9.84 Å². The molecule has 3 aromatic rings. The second-order valence-electron chi connectivity index (χ2n) is 6.92. The molecule has 1 atom stereocenters. The number of amides is 1. The number of carbonyl (C=O) groups is 1. The van der Waals surface area contributed by atoms with Crippen LogP contribution in [0.5, 0.6) is 5.75 Å². The van der Waals surface area contributed by atoms with Crippen LogP contribution in [0.1, 0.15) is 39.5 Å². The first-order valence-electron chi connectivity index (χ1n) is 9.33. The Morgan fingerprint density at radius 3 is 2.29 bits per heavy atom. The second kappa shape index (κ2) is 7.69. The SMILES string of the molecule is COc1ccc(C2=NN(C(=O)c3ccc(C)cc3)[C@H](c3ccccc3)C2)cc1. The van der Waals surface area contributed by atoms with Crippen LogP contribution >= 0.6 is 0 Å². The van der Waals surface area contributed by atoms with Gasteiger partial charge in [-0.2, -0.15) is 5.10 Å². The highest BCUT2D eigenvalue weighted by atomic mass is 16.5. The number of methoxy groups -OCH3 is 1. The van der Waals surface area contributed by atoms with Crippen molar-refractivity contribution < 1.29 is 9.53 Å². The van der Waals surface area contributed by atoms with Crippen LogP contribution in [0.3, 0.4) is 0 Å². The fourth-order valence-electron chi connectivity index (χ4n) is 3.42. The van der Waals surface area contributed by atoms with E-state index < -0.39 is 0 Å². The van der Waals surface area contributed by atoms with Crippen LogP contribution in [-0.4, -0.2) is 23.7 Å². The number of rotatable bonds is 4. The summed E-state index contributed by atoms with van der Waals surface area (Å²) in [7, 11) is 1.65. The van der Waals surface area contributed by atoms with Crippen molar-refractivity contribution in [3.63, 3.8) is 0 Å². The van der Waals surface area contributed by atoms with E-state index in [2.05, 4.69) is 0 Å². The van der Waals surface area contributed by atoms with Gasteiger partial charge in [-0.1, -0.05) is 48.0 Å². The third-order valence-electron chi connectivity index (χ3n) is 5.02. The van der Waals surface area contributed by atoms with Gasteiger partial charge in [0.05, 0.1) is 18.9 Å². The lowest BCUT2D eigenvalue weighted by atomic mass is 9.98. The average Bonchev–Trinajstić information content (AvgIpc) is 3.20. The Morgan fingerprint density at radius 2 is 1.64 bits per heavy atom. The molecule has 4 nitrogen and oxygen atoms in total. The first-order valence-corrected chi connectivity index (χ1v) is 9.33. The van der Waals surface area contributed by atoms with Crippen LogP contribution in [0.2, 0.25) is 0 Å². The van der Waals surface area contributed by atoms with Crippen LogP contribution in [-0.2, 0) is 0 Å². The molecule has 0 saturated heterocycles. The maximum Gasteiger partial charge on any atom is 0.274 e. The third-order valence-corrected chi connectivity index (χ3v) is 5.02. The summed E-state index contributed by atoms with van der Waals surface area (Å²) in [5.74, 6) is 0.715. The highest BCUT2D eigenvalue weighted by Gasteiger charge is 2.33. The molecule has 28 heavy (non-hydrogen) atoms. The van der Waals surface area contributed by atoms with Crippen LogP contribution in [0.15, 0.2) is 84.0 Å². The predicted octanol–water partition coefficient (Wildman–Crippen LogP) is 5.00. The van der Waals surface area contributed by atoms with E-state index in [0.717, 1.165) is 28.2 Å². The van der Waals surface area contributed by atoms with Crippen LogP contribution in [0, 0.1) is 6.92 Å². The van der Waals surface area contributed by atoms with E-state index in [9.17, 15) is 4.79 Å². The van der Waals surface area contributed by atoms with Gasteiger partial charge in [0, 0.05) is 12.0 Å². The molecular weight excluding hydrogens is 348 g/mol. The van der Waals surface area contributed by atoms with E-state index in [1.54, 1.807) is 12.1 Å². The van der Waals surface area contributed by atoms with Crippen LogP contribution in [0.25, 0.3) is 0 Å². The third kappa shape index (κ3) is 3.54. The Balaban J connectivity index is 1.70. The quantitative estimate of drug-likeness (QED) is 0.649. The zero-order valence-electron chi connectivity index (χ0n) is 16.0. The molecule has 1 aliphatic heterocycles. The van der Waals surface area contributed by atoms with Crippen molar-refractivity contribution in [1.29, 1.82) is 0 Å². The molecule has 3 aromatic carbocycles. The molecule has 1 amide bonds. The zero-order chi connectivity index (χ0) is 19.5. The molecule has 4 rings (SSSR count). The van der Waals surface area contributed by atoms with Gasteiger partial charge < -0.3 is 4.74 Å². The second-order valence-corrected chi connectivity index (χ2v) is 6.92. The average molecular weight is 370 g/mol. The van der Waals surface area contributed by atoms with Gasteiger partial charge in [-0.05, 0) is 54.4 Å². The van der Waals surface area contributed by atoms with Gasteiger partial charge in [-0.3, -0.25) is 4.79 Å². The number of ether oxygens (including phenoxy) is 1. The number of hydrazone groups is 1. The van der Waals surface area contributed by atoms with Crippen molar-refractivity contribution in [2.24, 2.45) is 5.10 Å². The topological polar surface area (TPSA) is 41.9 Å². The lowest BCUT2D eigenvalue weighted by molar-refractivity contribution is 0.0711. The first-order chi connectivity index (χ1) is 13.7. The van der Waals surface area contributed by atoms with Gasteiger partial charge in [-0.25, -0.2) is 5.01 Å². The maximum absolute atomic E-state index is 13.2. The molecular formula is C24H22N2O2. The lowest BCUT2D eigenvalue weighted by Gasteiger charge is -2.22. The lowest BCUT2D eigenvalue weighted by Crippen LogP contribution is -2.27. The number of hydrogen-bond donors (Lipinski definition) is 0. The summed E-state index contributed by atoms with van der Waals surface area (Å²) in [5, 5.41) is 6.35. The van der Waals surface area contributed by atoms with E-state index >= 15 is 0 Å². The van der Waals surface area contributed by atoms with E-state index in [1.807, 2.05) is 85.8 Å². The van der Waals surface area contributed by atoms with Gasteiger partial charge in [0.25, 0.3) is 5.91 Å². The molecule has 1 aliphatic rings. The van der Waals surface area contributed by atoms with Gasteiger partial charge in [0.2, 0.25) is 0 Å². The molecule has 0 aliphatic carbocycles. The summed E-state index contributed by atoms with van der Waals surface area (Å²) in [6.45, 7) is 2.01. The van der Waals surface area contributed by atoms with Crippen molar-refractivity contribution in [2.75, 3.05) is 7.11 Å². The van der Waals surface area contributed by atoms with Gasteiger partial charge in [0.15, 0.2) is 0 Å². The smallest absolute Gasteiger partial charge is 0.274 e. The van der Waals surface area contributed by atoms with E-state index in [0.29, 0.717) is 12.0 Å². The summed E-state index contributed by atoms with van der Waals surface area (Å²) < 4.78 is 5.24. The molecule has 0 radical (unpaired) electrons. The number of benzene rings is 3. The van der Waals surface area contributed by atoms with Crippen LogP contribution < -0.4 is 4.74 Å². The normalized spacial score (nSPS) is 16.0. The Labute approximate surface area is 165 Å². The maximum atomic E-state index is 13.2. The Kier molecular flexibility index (Phi) is 4.94. The molecule has 0 bridgehead atoms. The summed E-state index contributed by atoms with van der Waals surface area (Å²) >= 11 is 0. The van der Waals surface area contributed by atoms with E-state index in [-0.39, 0.29) is 11.9 Å². The zero-order valence-corrected chi connectivity index (χ0v) is 16.0. The number of carbonyl (C=O) groups excluding carboxylic acids is 1. The minimum absolute atomic E-state index is 0.0858. The molecule has 0 N–H and O–H groups in total. The summed E-state index contributed by atoms with van der Waals surface area (Å²) in [6, 6.07) is 25.4.